The van der Waals surface area contributed by atoms with Gasteiger partial charge in [-0.3, -0.25) is 0 Å². The first-order valence-electron chi connectivity index (χ1n) is 8.62. The fourth-order valence-corrected chi connectivity index (χ4v) is 3.63. The molecule has 0 bridgehead atoms. The topological polar surface area (TPSA) is 12.0 Å². The van der Waals surface area contributed by atoms with Gasteiger partial charge in [0.25, 0.3) is 0 Å². The Balaban J connectivity index is 1.89. The fourth-order valence-electron chi connectivity index (χ4n) is 3.63. The molecule has 0 aromatic heterocycles. The van der Waals surface area contributed by atoms with Gasteiger partial charge >= 0.3 is 0 Å². The van der Waals surface area contributed by atoms with Crippen molar-refractivity contribution in [2.45, 2.75) is 65.8 Å². The normalized spacial score (nSPS) is 27.0. The van der Waals surface area contributed by atoms with Gasteiger partial charge in [0.05, 0.1) is 0 Å². The van der Waals surface area contributed by atoms with Crippen LogP contribution in [-0.4, -0.2) is 12.6 Å². The van der Waals surface area contributed by atoms with Crippen LogP contribution in [0.3, 0.4) is 0 Å². The molecule has 4 atom stereocenters. The van der Waals surface area contributed by atoms with Gasteiger partial charge in [0.1, 0.15) is 0 Å². The van der Waals surface area contributed by atoms with Crippen LogP contribution in [0.25, 0.3) is 0 Å². The van der Waals surface area contributed by atoms with Gasteiger partial charge in [-0.2, -0.15) is 0 Å². The largest absolute Gasteiger partial charge is 0.313 e. The van der Waals surface area contributed by atoms with Crippen LogP contribution in [0.4, 0.5) is 0 Å². The third-order valence-electron chi connectivity index (χ3n) is 5.57. The van der Waals surface area contributed by atoms with E-state index in [2.05, 4.69) is 45.7 Å². The Hall–Kier alpha value is -0.560. The summed E-state index contributed by atoms with van der Waals surface area (Å²) < 4.78 is 0. The Morgan fingerprint density at radius 2 is 2.05 bits per heavy atom. The van der Waals surface area contributed by atoms with Crippen molar-refractivity contribution >= 4 is 0 Å². The van der Waals surface area contributed by atoms with E-state index < -0.39 is 0 Å². The van der Waals surface area contributed by atoms with E-state index in [1.807, 2.05) is 0 Å². The van der Waals surface area contributed by atoms with Gasteiger partial charge in [-0.05, 0) is 57.4 Å². The quantitative estimate of drug-likeness (QED) is 0.618. The average molecular weight is 275 g/mol. The lowest BCUT2D eigenvalue weighted by Gasteiger charge is -2.42. The molecule has 1 N–H and O–H groups in total. The molecule has 2 rings (SSSR count). The zero-order chi connectivity index (χ0) is 14.7. The van der Waals surface area contributed by atoms with Crippen molar-refractivity contribution in [2.24, 2.45) is 23.7 Å². The van der Waals surface area contributed by atoms with Gasteiger partial charge in [0.2, 0.25) is 0 Å². The first kappa shape index (κ1) is 15.8. The molecule has 114 valence electrons. The molecule has 1 fully saturated rings. The van der Waals surface area contributed by atoms with E-state index in [0.29, 0.717) is 12.0 Å². The Bertz CT molecular complexity index is 364. The second-order valence-corrected chi connectivity index (χ2v) is 7.33. The second-order valence-electron chi connectivity index (χ2n) is 7.33. The number of allylic oxidation sites excluding steroid dienone is 1. The maximum absolute atomic E-state index is 4.25. The van der Waals surface area contributed by atoms with Crippen molar-refractivity contribution in [3.05, 3.63) is 23.8 Å². The predicted molar refractivity (Wildman–Crippen MR) is 88.8 cm³/mol. The minimum absolute atomic E-state index is 0.523. The smallest absolute Gasteiger partial charge is 0.0153 e. The van der Waals surface area contributed by atoms with E-state index in [1.54, 1.807) is 5.57 Å². The summed E-state index contributed by atoms with van der Waals surface area (Å²) in [4.78, 5) is 0. The van der Waals surface area contributed by atoms with Gasteiger partial charge in [0, 0.05) is 12.0 Å². The molecule has 4 unspecified atom stereocenters. The molecule has 1 heteroatoms. The molecule has 2 aliphatic carbocycles. The van der Waals surface area contributed by atoms with Gasteiger partial charge in [0.15, 0.2) is 0 Å². The Morgan fingerprint density at radius 1 is 1.40 bits per heavy atom. The third kappa shape index (κ3) is 3.55. The van der Waals surface area contributed by atoms with Crippen molar-refractivity contribution in [3.8, 4) is 0 Å². The summed E-state index contributed by atoms with van der Waals surface area (Å²) in [6, 6.07) is 0.523. The van der Waals surface area contributed by atoms with Crippen LogP contribution in [0.2, 0.25) is 0 Å². The van der Waals surface area contributed by atoms with Crippen LogP contribution in [0.15, 0.2) is 23.8 Å². The van der Waals surface area contributed by atoms with Crippen molar-refractivity contribution in [2.75, 3.05) is 6.54 Å². The highest BCUT2D eigenvalue weighted by Gasteiger charge is 2.35. The molecule has 0 aromatic rings. The second kappa shape index (κ2) is 6.93. The average Bonchev–Trinajstić information content (AvgIpc) is 2.30. The van der Waals surface area contributed by atoms with Crippen molar-refractivity contribution < 1.29 is 0 Å². The highest BCUT2D eigenvalue weighted by molar-refractivity contribution is 5.29. The molecule has 0 spiro atoms. The highest BCUT2D eigenvalue weighted by Crippen LogP contribution is 2.46. The first-order valence-corrected chi connectivity index (χ1v) is 8.62. The Morgan fingerprint density at radius 3 is 2.50 bits per heavy atom. The minimum atomic E-state index is 0.523. The molecule has 2 aliphatic rings. The van der Waals surface area contributed by atoms with Crippen molar-refractivity contribution in [1.29, 1.82) is 0 Å². The maximum Gasteiger partial charge on any atom is 0.0153 e. The summed E-state index contributed by atoms with van der Waals surface area (Å²) in [7, 11) is 0. The van der Waals surface area contributed by atoms with E-state index in [0.717, 1.165) is 24.3 Å². The fraction of sp³-hybridized carbons (Fsp3) is 0.789. The molecule has 0 heterocycles. The van der Waals surface area contributed by atoms with Crippen LogP contribution in [0.1, 0.15) is 59.8 Å². The standard InChI is InChI=1S/C19H33N/c1-6-14(4)12-20-15(5)19(13(2)3)18-10-17(11-18)16-8-7-9-16/h10,14-17,19-20H,2,6-9,11-12H2,1,3-5H3. The van der Waals surface area contributed by atoms with Crippen molar-refractivity contribution in [1.82, 2.24) is 5.32 Å². The summed E-state index contributed by atoms with van der Waals surface area (Å²) >= 11 is 0. The maximum atomic E-state index is 4.25. The SMILES string of the molecule is C=C(C)C(C1=CC(C2CCC2)C1)C(C)NCC(C)CC. The first-order chi connectivity index (χ1) is 9.52. The van der Waals surface area contributed by atoms with Crippen LogP contribution in [0.5, 0.6) is 0 Å². The molecular formula is C19H33N. The van der Waals surface area contributed by atoms with Gasteiger partial charge in [-0.15, -0.1) is 0 Å². The minimum Gasteiger partial charge on any atom is -0.313 e. The molecule has 0 radical (unpaired) electrons. The molecule has 0 aliphatic heterocycles. The molecule has 0 saturated heterocycles. The van der Waals surface area contributed by atoms with Gasteiger partial charge in [-0.1, -0.05) is 50.5 Å². The molecular weight excluding hydrogens is 242 g/mol. The molecule has 0 amide bonds. The van der Waals surface area contributed by atoms with Crippen molar-refractivity contribution in [3.63, 3.8) is 0 Å². The van der Waals surface area contributed by atoms with Crippen LogP contribution >= 0.6 is 0 Å². The third-order valence-corrected chi connectivity index (χ3v) is 5.57. The van der Waals surface area contributed by atoms with E-state index >= 15 is 0 Å². The highest BCUT2D eigenvalue weighted by atomic mass is 14.9. The Labute approximate surface area is 125 Å². The summed E-state index contributed by atoms with van der Waals surface area (Å²) in [6.45, 7) is 14.5. The van der Waals surface area contributed by atoms with E-state index in [1.165, 1.54) is 37.7 Å². The zero-order valence-electron chi connectivity index (χ0n) is 13.9. The molecule has 0 aromatic carbocycles. The monoisotopic (exact) mass is 275 g/mol. The van der Waals surface area contributed by atoms with Crippen LogP contribution < -0.4 is 5.32 Å². The molecule has 1 nitrogen and oxygen atoms in total. The number of hydrogen-bond acceptors (Lipinski definition) is 1. The summed E-state index contributed by atoms with van der Waals surface area (Å²) in [5.41, 5.74) is 2.98. The van der Waals surface area contributed by atoms with Crippen LogP contribution in [0, 0.1) is 23.7 Å². The lowest BCUT2D eigenvalue weighted by atomic mass is 9.64. The van der Waals surface area contributed by atoms with E-state index in [4.69, 9.17) is 0 Å². The van der Waals surface area contributed by atoms with Gasteiger partial charge < -0.3 is 5.32 Å². The van der Waals surface area contributed by atoms with Gasteiger partial charge in [-0.25, -0.2) is 0 Å². The molecule has 1 saturated carbocycles. The molecule has 20 heavy (non-hydrogen) atoms. The zero-order valence-corrected chi connectivity index (χ0v) is 13.9. The number of rotatable bonds is 8. The number of hydrogen-bond donors (Lipinski definition) is 1. The Kier molecular flexibility index (Phi) is 5.49. The summed E-state index contributed by atoms with van der Waals surface area (Å²) in [6.07, 6.45) is 9.55. The van der Waals surface area contributed by atoms with E-state index in [9.17, 15) is 0 Å². The summed E-state index contributed by atoms with van der Waals surface area (Å²) in [5, 5.41) is 3.73. The lowest BCUT2D eigenvalue weighted by molar-refractivity contribution is 0.216. The predicted octanol–water partition coefficient (Wildman–Crippen LogP) is 4.95. The summed E-state index contributed by atoms with van der Waals surface area (Å²) in [5.74, 6) is 3.21. The lowest BCUT2D eigenvalue weighted by Crippen LogP contribution is -2.40. The number of nitrogens with one attached hydrogen (secondary N) is 1. The van der Waals surface area contributed by atoms with E-state index in [-0.39, 0.29) is 0 Å². The van der Waals surface area contributed by atoms with Crippen LogP contribution in [-0.2, 0) is 0 Å².